The monoisotopic (exact) mass is 349 g/mol. The van der Waals surface area contributed by atoms with E-state index in [1.165, 1.54) is 18.2 Å². The summed E-state index contributed by atoms with van der Waals surface area (Å²) in [6.45, 7) is 1.78. The van der Waals surface area contributed by atoms with Crippen LogP contribution in [0.2, 0.25) is 5.02 Å². The number of nitro groups is 1. The number of hydrogen-bond donors (Lipinski definition) is 3. The van der Waals surface area contributed by atoms with Crippen LogP contribution >= 0.6 is 11.6 Å². The third-order valence-electron chi connectivity index (χ3n) is 3.40. The van der Waals surface area contributed by atoms with Crippen LogP contribution in [0.4, 0.5) is 17.1 Å². The van der Waals surface area contributed by atoms with Crippen LogP contribution in [0.25, 0.3) is 0 Å². The van der Waals surface area contributed by atoms with Gasteiger partial charge in [-0.25, -0.2) is 0 Å². The van der Waals surface area contributed by atoms with Crippen molar-refractivity contribution in [3.63, 3.8) is 0 Å². The Bertz CT molecular complexity index is 780. The summed E-state index contributed by atoms with van der Waals surface area (Å²) in [4.78, 5) is 22.9. The molecular formula is C16H16ClN3O4. The summed E-state index contributed by atoms with van der Waals surface area (Å²) < 4.78 is 0. The summed E-state index contributed by atoms with van der Waals surface area (Å²) in [7, 11) is 0. The van der Waals surface area contributed by atoms with Crippen molar-refractivity contribution in [1.29, 1.82) is 0 Å². The predicted octanol–water partition coefficient (Wildman–Crippen LogP) is 3.21. The van der Waals surface area contributed by atoms with Gasteiger partial charge in [0.2, 0.25) is 0 Å². The Kier molecular flexibility index (Phi) is 5.73. The van der Waals surface area contributed by atoms with Gasteiger partial charge in [-0.3, -0.25) is 14.9 Å². The highest BCUT2D eigenvalue weighted by Gasteiger charge is 2.18. The maximum Gasteiger partial charge on any atom is 0.293 e. The normalized spacial score (nSPS) is 10.3. The van der Waals surface area contributed by atoms with E-state index in [-0.39, 0.29) is 30.1 Å². The molecule has 1 amide bonds. The van der Waals surface area contributed by atoms with Crippen molar-refractivity contribution >= 4 is 34.6 Å². The molecule has 0 saturated heterocycles. The molecule has 0 fully saturated rings. The fraction of sp³-hybridized carbons (Fsp3) is 0.188. The Morgan fingerprint density at radius 1 is 1.29 bits per heavy atom. The number of halogens is 1. The van der Waals surface area contributed by atoms with E-state index in [9.17, 15) is 14.9 Å². The molecule has 0 saturated carbocycles. The first-order chi connectivity index (χ1) is 11.4. The summed E-state index contributed by atoms with van der Waals surface area (Å²) in [5, 5.41) is 25.9. The van der Waals surface area contributed by atoms with Gasteiger partial charge in [-0.05, 0) is 36.8 Å². The standard InChI is InChI=1S/C16H16ClN3O4/c1-10-12(17)3-2-4-13(10)19-16(22)11-5-6-14(18-7-8-21)15(9-11)20(23)24/h2-6,9,18,21H,7-8H2,1H3,(H,19,22). The van der Waals surface area contributed by atoms with Gasteiger partial charge in [0, 0.05) is 28.9 Å². The van der Waals surface area contributed by atoms with E-state index in [1.807, 2.05) is 0 Å². The molecule has 126 valence electrons. The number of nitrogens with zero attached hydrogens (tertiary/aromatic N) is 1. The molecule has 2 aromatic carbocycles. The summed E-state index contributed by atoms with van der Waals surface area (Å²) in [6.07, 6.45) is 0. The zero-order chi connectivity index (χ0) is 17.7. The lowest BCUT2D eigenvalue weighted by Crippen LogP contribution is -2.14. The molecule has 3 N–H and O–H groups in total. The van der Waals surface area contributed by atoms with E-state index in [0.29, 0.717) is 16.3 Å². The molecular weight excluding hydrogens is 334 g/mol. The third kappa shape index (κ3) is 4.01. The lowest BCUT2D eigenvalue weighted by molar-refractivity contribution is -0.384. The number of aliphatic hydroxyl groups excluding tert-OH is 1. The maximum atomic E-state index is 12.3. The number of rotatable bonds is 6. The number of hydrogen-bond acceptors (Lipinski definition) is 5. The number of carbonyl (C=O) groups is 1. The topological polar surface area (TPSA) is 104 Å². The van der Waals surface area contributed by atoms with Crippen LogP contribution in [0.1, 0.15) is 15.9 Å². The van der Waals surface area contributed by atoms with Gasteiger partial charge in [-0.1, -0.05) is 17.7 Å². The molecule has 0 aliphatic carbocycles. The Hall–Kier alpha value is -2.64. The summed E-state index contributed by atoms with van der Waals surface area (Å²) in [5.41, 5.74) is 1.40. The minimum Gasteiger partial charge on any atom is -0.395 e. The zero-order valence-electron chi connectivity index (χ0n) is 12.9. The van der Waals surface area contributed by atoms with E-state index in [2.05, 4.69) is 10.6 Å². The molecule has 2 aromatic rings. The SMILES string of the molecule is Cc1c(Cl)cccc1NC(=O)c1ccc(NCCO)c([N+](=O)[O-])c1. The second-order valence-corrected chi connectivity index (χ2v) is 5.41. The van der Waals surface area contributed by atoms with Crippen molar-refractivity contribution in [2.75, 3.05) is 23.8 Å². The van der Waals surface area contributed by atoms with Gasteiger partial charge in [0.15, 0.2) is 0 Å². The quantitative estimate of drug-likeness (QED) is 0.548. The fourth-order valence-corrected chi connectivity index (χ4v) is 2.28. The van der Waals surface area contributed by atoms with Gasteiger partial charge in [0.1, 0.15) is 5.69 Å². The number of benzene rings is 2. The van der Waals surface area contributed by atoms with Crippen molar-refractivity contribution in [3.8, 4) is 0 Å². The van der Waals surface area contributed by atoms with Crippen LogP contribution in [0.15, 0.2) is 36.4 Å². The molecule has 0 heterocycles. The number of anilines is 2. The molecule has 0 unspecified atom stereocenters. The fourth-order valence-electron chi connectivity index (χ4n) is 2.10. The van der Waals surface area contributed by atoms with Crippen LogP contribution < -0.4 is 10.6 Å². The number of aliphatic hydroxyl groups is 1. The first-order valence-corrected chi connectivity index (χ1v) is 7.51. The molecule has 7 nitrogen and oxygen atoms in total. The largest absolute Gasteiger partial charge is 0.395 e. The number of nitrogens with one attached hydrogen (secondary N) is 2. The van der Waals surface area contributed by atoms with E-state index in [1.54, 1.807) is 25.1 Å². The first kappa shape index (κ1) is 17.7. The van der Waals surface area contributed by atoms with E-state index in [0.717, 1.165) is 0 Å². The molecule has 0 radical (unpaired) electrons. The molecule has 0 atom stereocenters. The van der Waals surface area contributed by atoms with Crippen molar-refractivity contribution < 1.29 is 14.8 Å². The lowest BCUT2D eigenvalue weighted by atomic mass is 10.1. The first-order valence-electron chi connectivity index (χ1n) is 7.13. The average molecular weight is 350 g/mol. The molecule has 0 aliphatic rings. The minimum atomic E-state index is -0.582. The van der Waals surface area contributed by atoms with Crippen molar-refractivity contribution in [3.05, 3.63) is 62.7 Å². The lowest BCUT2D eigenvalue weighted by Gasteiger charge is -2.11. The second kappa shape index (κ2) is 7.76. The molecule has 8 heteroatoms. The van der Waals surface area contributed by atoms with Crippen LogP contribution in [0.5, 0.6) is 0 Å². The Morgan fingerprint density at radius 2 is 2.04 bits per heavy atom. The Labute approximate surface area is 143 Å². The molecule has 2 rings (SSSR count). The maximum absolute atomic E-state index is 12.3. The highest BCUT2D eigenvalue weighted by molar-refractivity contribution is 6.31. The van der Waals surface area contributed by atoms with Gasteiger partial charge >= 0.3 is 0 Å². The smallest absolute Gasteiger partial charge is 0.293 e. The van der Waals surface area contributed by atoms with Crippen LogP contribution in [-0.4, -0.2) is 29.1 Å². The van der Waals surface area contributed by atoms with Gasteiger partial charge in [-0.15, -0.1) is 0 Å². The number of amides is 1. The molecule has 0 bridgehead atoms. The van der Waals surface area contributed by atoms with Gasteiger partial charge in [-0.2, -0.15) is 0 Å². The molecule has 24 heavy (non-hydrogen) atoms. The predicted molar refractivity (Wildman–Crippen MR) is 92.8 cm³/mol. The van der Waals surface area contributed by atoms with Crippen molar-refractivity contribution in [1.82, 2.24) is 0 Å². The summed E-state index contributed by atoms with van der Waals surface area (Å²) in [6, 6.07) is 9.21. The molecule has 0 aliphatic heterocycles. The summed E-state index contributed by atoms with van der Waals surface area (Å²) in [5.74, 6) is -0.475. The van der Waals surface area contributed by atoms with E-state index < -0.39 is 10.8 Å². The van der Waals surface area contributed by atoms with Gasteiger partial charge in [0.25, 0.3) is 11.6 Å². The highest BCUT2D eigenvalue weighted by atomic mass is 35.5. The van der Waals surface area contributed by atoms with Crippen molar-refractivity contribution in [2.24, 2.45) is 0 Å². The van der Waals surface area contributed by atoms with Crippen LogP contribution in [0.3, 0.4) is 0 Å². The molecule has 0 aromatic heterocycles. The van der Waals surface area contributed by atoms with Crippen molar-refractivity contribution in [2.45, 2.75) is 6.92 Å². The van der Waals surface area contributed by atoms with Gasteiger partial charge in [0.05, 0.1) is 11.5 Å². The van der Waals surface area contributed by atoms with Crippen LogP contribution in [0, 0.1) is 17.0 Å². The Balaban J connectivity index is 2.27. The minimum absolute atomic E-state index is 0.149. The van der Waals surface area contributed by atoms with E-state index in [4.69, 9.17) is 16.7 Å². The highest BCUT2D eigenvalue weighted by Crippen LogP contribution is 2.27. The van der Waals surface area contributed by atoms with Crippen LogP contribution in [-0.2, 0) is 0 Å². The zero-order valence-corrected chi connectivity index (χ0v) is 13.6. The van der Waals surface area contributed by atoms with E-state index >= 15 is 0 Å². The number of nitro benzene ring substituents is 1. The number of carbonyl (C=O) groups excluding carboxylic acids is 1. The molecule has 0 spiro atoms. The average Bonchev–Trinajstić information content (AvgIpc) is 2.56. The third-order valence-corrected chi connectivity index (χ3v) is 3.81. The summed E-state index contributed by atoms with van der Waals surface area (Å²) >= 11 is 6.01. The second-order valence-electron chi connectivity index (χ2n) is 5.01. The Morgan fingerprint density at radius 3 is 2.71 bits per heavy atom. The van der Waals surface area contributed by atoms with Gasteiger partial charge < -0.3 is 15.7 Å².